The molecule has 0 saturated heterocycles. The first kappa shape index (κ1) is 9.75. The van der Waals surface area contributed by atoms with E-state index in [-0.39, 0.29) is 6.04 Å². The monoisotopic (exact) mass is 227 g/mol. The van der Waals surface area contributed by atoms with Gasteiger partial charge in [0, 0.05) is 10.5 Å². The molecular formula is C10H14BrN. The fourth-order valence-corrected chi connectivity index (χ4v) is 1.82. The number of halogens is 1. The Bertz CT molecular complexity index is 269. The summed E-state index contributed by atoms with van der Waals surface area (Å²) in [6, 6.07) is 6.59. The molecule has 2 N–H and O–H groups in total. The van der Waals surface area contributed by atoms with Crippen molar-refractivity contribution in [2.24, 2.45) is 5.73 Å². The predicted molar refractivity (Wildman–Crippen MR) is 56.2 cm³/mol. The van der Waals surface area contributed by atoms with E-state index >= 15 is 0 Å². The van der Waals surface area contributed by atoms with Gasteiger partial charge in [-0.25, -0.2) is 0 Å². The highest BCUT2D eigenvalue weighted by atomic mass is 79.9. The first-order chi connectivity index (χ1) is 5.59. The van der Waals surface area contributed by atoms with E-state index in [9.17, 15) is 0 Å². The first-order valence-corrected chi connectivity index (χ1v) is 4.89. The second kappa shape index (κ2) is 4.06. The van der Waals surface area contributed by atoms with Crippen molar-refractivity contribution in [2.75, 3.05) is 0 Å². The van der Waals surface area contributed by atoms with Crippen LogP contribution in [-0.2, 0) is 6.42 Å². The summed E-state index contributed by atoms with van der Waals surface area (Å²) in [5.41, 5.74) is 8.27. The van der Waals surface area contributed by atoms with E-state index in [1.807, 2.05) is 6.92 Å². The molecule has 1 aromatic carbocycles. The molecule has 1 atom stereocenters. The van der Waals surface area contributed by atoms with E-state index in [0.717, 1.165) is 6.42 Å². The molecule has 12 heavy (non-hydrogen) atoms. The number of aryl methyl sites for hydroxylation is 1. The van der Waals surface area contributed by atoms with Crippen LogP contribution in [0.1, 0.15) is 18.1 Å². The maximum atomic E-state index is 5.71. The van der Waals surface area contributed by atoms with Crippen molar-refractivity contribution in [1.82, 2.24) is 0 Å². The lowest BCUT2D eigenvalue weighted by Crippen LogP contribution is -2.17. The first-order valence-electron chi connectivity index (χ1n) is 4.10. The van der Waals surface area contributed by atoms with Crippen molar-refractivity contribution >= 4 is 15.9 Å². The van der Waals surface area contributed by atoms with E-state index in [1.165, 1.54) is 15.6 Å². The third-order valence-corrected chi connectivity index (χ3v) is 2.49. The van der Waals surface area contributed by atoms with Gasteiger partial charge in [-0.2, -0.15) is 0 Å². The average Bonchev–Trinajstić information content (AvgIpc) is 1.94. The molecule has 0 aliphatic rings. The third-order valence-electron chi connectivity index (χ3n) is 1.75. The lowest BCUT2D eigenvalue weighted by atomic mass is 10.1. The van der Waals surface area contributed by atoms with Crippen molar-refractivity contribution in [3.63, 3.8) is 0 Å². The molecule has 0 aliphatic heterocycles. The molecule has 1 rings (SSSR count). The maximum absolute atomic E-state index is 5.71. The molecular weight excluding hydrogens is 214 g/mol. The number of nitrogens with two attached hydrogens (primary N) is 1. The highest BCUT2D eigenvalue weighted by molar-refractivity contribution is 9.10. The van der Waals surface area contributed by atoms with Crippen LogP contribution in [0.25, 0.3) is 0 Å². The van der Waals surface area contributed by atoms with Gasteiger partial charge < -0.3 is 5.73 Å². The Kier molecular flexibility index (Phi) is 3.29. The number of hydrogen-bond acceptors (Lipinski definition) is 1. The summed E-state index contributed by atoms with van der Waals surface area (Å²) >= 11 is 3.52. The Labute approximate surface area is 82.1 Å². The predicted octanol–water partition coefficient (Wildman–Crippen LogP) is 2.65. The van der Waals surface area contributed by atoms with E-state index < -0.39 is 0 Å². The van der Waals surface area contributed by atoms with Crippen molar-refractivity contribution in [2.45, 2.75) is 26.3 Å². The molecule has 2 heteroatoms. The number of rotatable bonds is 2. The van der Waals surface area contributed by atoms with Gasteiger partial charge in [-0.05, 0) is 37.5 Å². The van der Waals surface area contributed by atoms with Crippen LogP contribution in [-0.4, -0.2) is 6.04 Å². The van der Waals surface area contributed by atoms with E-state index in [4.69, 9.17) is 5.73 Å². The topological polar surface area (TPSA) is 26.0 Å². The third kappa shape index (κ3) is 2.61. The van der Waals surface area contributed by atoms with Gasteiger partial charge >= 0.3 is 0 Å². The zero-order chi connectivity index (χ0) is 9.14. The normalized spacial score (nSPS) is 13.0. The fraction of sp³-hybridized carbons (Fsp3) is 0.400. The zero-order valence-electron chi connectivity index (χ0n) is 7.47. The molecule has 0 bridgehead atoms. The molecule has 1 unspecified atom stereocenters. The Morgan fingerprint density at radius 3 is 2.67 bits per heavy atom. The van der Waals surface area contributed by atoms with E-state index in [2.05, 4.69) is 41.1 Å². The SMILES string of the molecule is Cc1ccc(CC(C)N)c(Br)c1. The van der Waals surface area contributed by atoms with Crippen LogP contribution < -0.4 is 5.73 Å². The summed E-state index contributed by atoms with van der Waals surface area (Å²) in [7, 11) is 0. The number of hydrogen-bond donors (Lipinski definition) is 1. The molecule has 1 aromatic rings. The molecule has 0 saturated carbocycles. The minimum atomic E-state index is 0.226. The molecule has 0 aromatic heterocycles. The fourth-order valence-electron chi connectivity index (χ4n) is 1.16. The second-order valence-electron chi connectivity index (χ2n) is 3.28. The molecule has 0 aliphatic carbocycles. The standard InChI is InChI=1S/C10H14BrN/c1-7-3-4-9(6-8(2)12)10(11)5-7/h3-5,8H,6,12H2,1-2H3. The Balaban J connectivity index is 2.86. The van der Waals surface area contributed by atoms with Gasteiger partial charge in [0.15, 0.2) is 0 Å². The highest BCUT2D eigenvalue weighted by Gasteiger charge is 2.02. The summed E-state index contributed by atoms with van der Waals surface area (Å²) in [5, 5.41) is 0. The van der Waals surface area contributed by atoms with Crippen LogP contribution in [0, 0.1) is 6.92 Å². The summed E-state index contributed by atoms with van der Waals surface area (Å²) in [6.45, 7) is 4.10. The molecule has 66 valence electrons. The van der Waals surface area contributed by atoms with Crippen molar-refractivity contribution in [3.05, 3.63) is 33.8 Å². The minimum Gasteiger partial charge on any atom is -0.328 e. The molecule has 0 radical (unpaired) electrons. The lowest BCUT2D eigenvalue weighted by Gasteiger charge is -2.07. The average molecular weight is 228 g/mol. The molecule has 0 spiro atoms. The smallest absolute Gasteiger partial charge is 0.0210 e. The van der Waals surface area contributed by atoms with Gasteiger partial charge in [0.2, 0.25) is 0 Å². The molecule has 0 amide bonds. The Morgan fingerprint density at radius 2 is 2.17 bits per heavy atom. The van der Waals surface area contributed by atoms with Gasteiger partial charge in [0.1, 0.15) is 0 Å². The minimum absolute atomic E-state index is 0.226. The zero-order valence-corrected chi connectivity index (χ0v) is 9.06. The highest BCUT2D eigenvalue weighted by Crippen LogP contribution is 2.19. The van der Waals surface area contributed by atoms with Crippen LogP contribution in [0.3, 0.4) is 0 Å². The van der Waals surface area contributed by atoms with Gasteiger partial charge in [-0.15, -0.1) is 0 Å². The van der Waals surface area contributed by atoms with E-state index in [0.29, 0.717) is 0 Å². The van der Waals surface area contributed by atoms with Gasteiger partial charge in [-0.3, -0.25) is 0 Å². The maximum Gasteiger partial charge on any atom is 0.0210 e. The largest absolute Gasteiger partial charge is 0.328 e. The van der Waals surface area contributed by atoms with Crippen molar-refractivity contribution < 1.29 is 0 Å². The van der Waals surface area contributed by atoms with Crippen LogP contribution in [0.2, 0.25) is 0 Å². The summed E-state index contributed by atoms with van der Waals surface area (Å²) in [6.07, 6.45) is 0.931. The van der Waals surface area contributed by atoms with Crippen molar-refractivity contribution in [1.29, 1.82) is 0 Å². The van der Waals surface area contributed by atoms with Crippen LogP contribution in [0.5, 0.6) is 0 Å². The van der Waals surface area contributed by atoms with Crippen LogP contribution in [0.4, 0.5) is 0 Å². The molecule has 0 fully saturated rings. The Hall–Kier alpha value is -0.340. The van der Waals surface area contributed by atoms with Crippen molar-refractivity contribution in [3.8, 4) is 0 Å². The van der Waals surface area contributed by atoms with Gasteiger partial charge in [0.25, 0.3) is 0 Å². The summed E-state index contributed by atoms with van der Waals surface area (Å²) in [4.78, 5) is 0. The molecule has 1 nitrogen and oxygen atoms in total. The second-order valence-corrected chi connectivity index (χ2v) is 4.13. The van der Waals surface area contributed by atoms with Gasteiger partial charge in [0.05, 0.1) is 0 Å². The number of benzene rings is 1. The van der Waals surface area contributed by atoms with Crippen LogP contribution in [0.15, 0.2) is 22.7 Å². The van der Waals surface area contributed by atoms with E-state index in [1.54, 1.807) is 0 Å². The summed E-state index contributed by atoms with van der Waals surface area (Å²) < 4.78 is 1.17. The Morgan fingerprint density at radius 1 is 1.50 bits per heavy atom. The summed E-state index contributed by atoms with van der Waals surface area (Å²) in [5.74, 6) is 0. The lowest BCUT2D eigenvalue weighted by molar-refractivity contribution is 0.736. The van der Waals surface area contributed by atoms with Crippen LogP contribution >= 0.6 is 15.9 Å². The quantitative estimate of drug-likeness (QED) is 0.827. The van der Waals surface area contributed by atoms with Gasteiger partial charge in [-0.1, -0.05) is 28.1 Å². The molecule has 0 heterocycles.